The maximum absolute atomic E-state index is 12.9. The number of hydrogen-bond donors (Lipinski definition) is 0. The van der Waals surface area contributed by atoms with Gasteiger partial charge in [0.05, 0.1) is 5.02 Å². The van der Waals surface area contributed by atoms with Crippen molar-refractivity contribution in [3.8, 4) is 0 Å². The van der Waals surface area contributed by atoms with Crippen LogP contribution >= 0.6 is 11.6 Å². The summed E-state index contributed by atoms with van der Waals surface area (Å²) < 4.78 is 14.3. The summed E-state index contributed by atoms with van der Waals surface area (Å²) in [4.78, 5) is 4.80. The second-order valence-corrected chi connectivity index (χ2v) is 2.48. The average molecular weight is 177 g/mol. The fourth-order valence-electron chi connectivity index (χ4n) is 0.785. The molecular formula is C7H8ClFNO+. The summed E-state index contributed by atoms with van der Waals surface area (Å²) in [5.41, 5.74) is 0.361. The Morgan fingerprint density at radius 3 is 2.82 bits per heavy atom. The summed E-state index contributed by atoms with van der Waals surface area (Å²) in [7, 11) is 1.46. The van der Waals surface area contributed by atoms with Gasteiger partial charge in [-0.15, -0.1) is 0 Å². The lowest BCUT2D eigenvalue weighted by atomic mass is 10.4. The fourth-order valence-corrected chi connectivity index (χ4v) is 0.979. The predicted molar refractivity (Wildman–Crippen MR) is 38.8 cm³/mol. The molecule has 0 fully saturated rings. The van der Waals surface area contributed by atoms with E-state index in [1.54, 1.807) is 13.1 Å². The van der Waals surface area contributed by atoms with Crippen LogP contribution in [0.4, 0.5) is 4.39 Å². The lowest BCUT2D eigenvalue weighted by Crippen LogP contribution is -2.43. The zero-order valence-electron chi connectivity index (χ0n) is 6.27. The zero-order chi connectivity index (χ0) is 8.43. The minimum absolute atomic E-state index is 0.107. The standard InChI is InChI=1S/C7H8ClFNO/c1-5-7(9)6(8)3-4-10(5)11-2/h3-4H,1-2H3/q+1. The van der Waals surface area contributed by atoms with Gasteiger partial charge in [0.2, 0.25) is 12.0 Å². The van der Waals surface area contributed by atoms with Gasteiger partial charge in [0.15, 0.2) is 0 Å². The molecule has 0 aliphatic rings. The highest BCUT2D eigenvalue weighted by Crippen LogP contribution is 2.12. The molecule has 60 valence electrons. The first-order valence-corrected chi connectivity index (χ1v) is 3.45. The molecule has 1 rings (SSSR count). The Morgan fingerprint density at radius 1 is 1.64 bits per heavy atom. The molecule has 11 heavy (non-hydrogen) atoms. The second-order valence-electron chi connectivity index (χ2n) is 2.07. The van der Waals surface area contributed by atoms with Crippen molar-refractivity contribution in [3.63, 3.8) is 0 Å². The van der Waals surface area contributed by atoms with Gasteiger partial charge in [-0.2, -0.15) is 4.39 Å². The van der Waals surface area contributed by atoms with Crippen LogP contribution in [0.1, 0.15) is 5.69 Å². The van der Waals surface area contributed by atoms with Gasteiger partial charge < -0.3 is 0 Å². The van der Waals surface area contributed by atoms with Gasteiger partial charge in [-0.25, -0.2) is 0 Å². The molecule has 0 aliphatic heterocycles. The van der Waals surface area contributed by atoms with Gasteiger partial charge in [0.25, 0.3) is 5.69 Å². The van der Waals surface area contributed by atoms with Crippen LogP contribution in [-0.2, 0) is 0 Å². The third-order valence-electron chi connectivity index (χ3n) is 1.41. The predicted octanol–water partition coefficient (Wildman–Crippen LogP) is 1.13. The molecule has 0 N–H and O–H groups in total. The molecule has 1 heterocycles. The molecule has 0 spiro atoms. The van der Waals surface area contributed by atoms with Crippen LogP contribution in [-0.4, -0.2) is 7.11 Å². The number of nitrogens with zero attached hydrogens (tertiary/aromatic N) is 1. The summed E-state index contributed by atoms with van der Waals surface area (Å²) in [5, 5.41) is 0.107. The maximum atomic E-state index is 12.9. The van der Waals surface area contributed by atoms with Crippen molar-refractivity contribution in [1.29, 1.82) is 0 Å². The summed E-state index contributed by atoms with van der Waals surface area (Å²) in [5.74, 6) is -0.448. The van der Waals surface area contributed by atoms with E-state index < -0.39 is 5.82 Å². The molecular weight excluding hydrogens is 169 g/mol. The van der Waals surface area contributed by atoms with Gasteiger partial charge in [-0.3, -0.25) is 4.84 Å². The number of halogens is 2. The van der Waals surface area contributed by atoms with Crippen LogP contribution in [0.25, 0.3) is 0 Å². The number of pyridine rings is 1. The Labute approximate surface area is 69.1 Å². The van der Waals surface area contributed by atoms with Crippen molar-refractivity contribution < 1.29 is 14.0 Å². The van der Waals surface area contributed by atoms with Crippen LogP contribution in [0.5, 0.6) is 0 Å². The third kappa shape index (κ3) is 1.43. The van der Waals surface area contributed by atoms with E-state index in [2.05, 4.69) is 0 Å². The number of hydrogen-bond acceptors (Lipinski definition) is 1. The largest absolute Gasteiger partial charge is 0.274 e. The Hall–Kier alpha value is -0.830. The van der Waals surface area contributed by atoms with E-state index in [4.69, 9.17) is 16.4 Å². The normalized spacial score (nSPS) is 9.82. The molecule has 0 atom stereocenters. The lowest BCUT2D eigenvalue weighted by molar-refractivity contribution is -0.890. The van der Waals surface area contributed by atoms with Gasteiger partial charge in [0.1, 0.15) is 7.11 Å². The fraction of sp³-hybridized carbons (Fsp3) is 0.286. The highest BCUT2D eigenvalue weighted by Gasteiger charge is 2.15. The summed E-state index contributed by atoms with van der Waals surface area (Å²) >= 11 is 5.50. The van der Waals surface area contributed by atoms with Gasteiger partial charge in [-0.05, 0) is 0 Å². The molecule has 0 amide bonds. The summed E-state index contributed by atoms with van der Waals surface area (Å²) in [6, 6.07) is 1.44. The Balaban J connectivity index is 3.25. The summed E-state index contributed by atoms with van der Waals surface area (Å²) in [6.07, 6.45) is 1.56. The van der Waals surface area contributed by atoms with Gasteiger partial charge in [0, 0.05) is 17.7 Å². The highest BCUT2D eigenvalue weighted by molar-refractivity contribution is 6.30. The van der Waals surface area contributed by atoms with Crippen molar-refractivity contribution in [2.75, 3.05) is 7.11 Å². The molecule has 0 saturated heterocycles. The Kier molecular flexibility index (Phi) is 2.29. The van der Waals surface area contributed by atoms with Crippen LogP contribution in [0, 0.1) is 12.7 Å². The second kappa shape index (κ2) is 3.05. The number of rotatable bonds is 1. The van der Waals surface area contributed by atoms with E-state index >= 15 is 0 Å². The first-order valence-electron chi connectivity index (χ1n) is 3.07. The van der Waals surface area contributed by atoms with E-state index in [1.165, 1.54) is 17.9 Å². The van der Waals surface area contributed by atoms with Crippen molar-refractivity contribution in [2.24, 2.45) is 0 Å². The lowest BCUT2D eigenvalue weighted by Gasteiger charge is -1.96. The maximum Gasteiger partial charge on any atom is 0.268 e. The SMILES string of the molecule is CO[n+]1ccc(Cl)c(F)c1C. The molecule has 0 aromatic carbocycles. The molecule has 2 nitrogen and oxygen atoms in total. The molecule has 0 bridgehead atoms. The molecule has 0 radical (unpaired) electrons. The van der Waals surface area contributed by atoms with E-state index in [0.717, 1.165) is 0 Å². The minimum atomic E-state index is -0.448. The van der Waals surface area contributed by atoms with E-state index in [9.17, 15) is 4.39 Å². The van der Waals surface area contributed by atoms with Crippen molar-refractivity contribution in [2.45, 2.75) is 6.92 Å². The topological polar surface area (TPSA) is 13.1 Å². The minimum Gasteiger partial charge on any atom is -0.274 e. The first kappa shape index (κ1) is 8.27. The van der Waals surface area contributed by atoms with Gasteiger partial charge >= 0.3 is 0 Å². The highest BCUT2D eigenvalue weighted by atomic mass is 35.5. The number of aromatic nitrogens is 1. The summed E-state index contributed by atoms with van der Waals surface area (Å²) in [6.45, 7) is 1.59. The quantitative estimate of drug-likeness (QED) is 0.585. The van der Waals surface area contributed by atoms with Crippen LogP contribution < -0.4 is 9.57 Å². The molecule has 4 heteroatoms. The average Bonchev–Trinajstić information content (AvgIpc) is 2.01. The van der Waals surface area contributed by atoms with E-state index in [-0.39, 0.29) is 5.02 Å². The van der Waals surface area contributed by atoms with Crippen LogP contribution in [0.15, 0.2) is 12.3 Å². The first-order chi connectivity index (χ1) is 5.16. The zero-order valence-corrected chi connectivity index (χ0v) is 7.02. The monoisotopic (exact) mass is 176 g/mol. The van der Waals surface area contributed by atoms with Crippen LogP contribution in [0.3, 0.4) is 0 Å². The van der Waals surface area contributed by atoms with Crippen LogP contribution in [0.2, 0.25) is 5.02 Å². The Bertz CT molecular complexity index is 277. The van der Waals surface area contributed by atoms with Crippen molar-refractivity contribution in [1.82, 2.24) is 0 Å². The molecule has 1 aromatic rings. The van der Waals surface area contributed by atoms with Crippen molar-refractivity contribution >= 4 is 11.6 Å². The molecule has 0 unspecified atom stereocenters. The van der Waals surface area contributed by atoms with Gasteiger partial charge in [-0.1, -0.05) is 11.6 Å². The van der Waals surface area contributed by atoms with E-state index in [1.807, 2.05) is 0 Å². The smallest absolute Gasteiger partial charge is 0.268 e. The van der Waals surface area contributed by atoms with Crippen molar-refractivity contribution in [3.05, 3.63) is 28.8 Å². The molecule has 1 aromatic heterocycles. The third-order valence-corrected chi connectivity index (χ3v) is 1.70. The Morgan fingerprint density at radius 2 is 2.27 bits per heavy atom. The molecule has 0 aliphatic carbocycles. The molecule has 0 saturated carbocycles. The van der Waals surface area contributed by atoms with E-state index in [0.29, 0.717) is 5.69 Å².